The van der Waals surface area contributed by atoms with Gasteiger partial charge in [-0.05, 0) is 41.3 Å². The van der Waals surface area contributed by atoms with Gasteiger partial charge in [-0.15, -0.1) is 0 Å². The SMILES string of the molecule is OCC1(c2cccc3ccc(Br)cc23)CC1. The number of rotatable bonds is 2. The third kappa shape index (κ3) is 1.48. The summed E-state index contributed by atoms with van der Waals surface area (Å²) in [6, 6.07) is 12.7. The standard InChI is InChI=1S/C14H13BrO/c15-11-5-4-10-2-1-3-13(12(10)8-11)14(9-16)6-7-14/h1-5,8,16H,6-7,9H2. The van der Waals surface area contributed by atoms with Crippen LogP contribution in [0, 0.1) is 0 Å². The van der Waals surface area contributed by atoms with Crippen molar-refractivity contribution in [2.45, 2.75) is 18.3 Å². The van der Waals surface area contributed by atoms with Crippen LogP contribution in [0.2, 0.25) is 0 Å². The molecular weight excluding hydrogens is 264 g/mol. The second-order valence-electron chi connectivity index (χ2n) is 4.61. The highest BCUT2D eigenvalue weighted by atomic mass is 79.9. The summed E-state index contributed by atoms with van der Waals surface area (Å²) in [6.45, 7) is 0.263. The highest BCUT2D eigenvalue weighted by molar-refractivity contribution is 9.10. The van der Waals surface area contributed by atoms with Crippen LogP contribution >= 0.6 is 15.9 Å². The lowest BCUT2D eigenvalue weighted by molar-refractivity contribution is 0.256. The molecule has 2 aromatic rings. The Balaban J connectivity index is 2.28. The first-order valence-corrected chi connectivity index (χ1v) is 6.34. The third-order valence-electron chi connectivity index (χ3n) is 3.57. The van der Waals surface area contributed by atoms with Gasteiger partial charge in [0.2, 0.25) is 0 Å². The molecule has 16 heavy (non-hydrogen) atoms. The van der Waals surface area contributed by atoms with Crippen LogP contribution in [0.25, 0.3) is 10.8 Å². The topological polar surface area (TPSA) is 20.2 Å². The number of aliphatic hydroxyl groups excluding tert-OH is 1. The van der Waals surface area contributed by atoms with Gasteiger partial charge in [0.15, 0.2) is 0 Å². The first-order chi connectivity index (χ1) is 7.75. The molecule has 82 valence electrons. The maximum absolute atomic E-state index is 9.53. The lowest BCUT2D eigenvalue weighted by Gasteiger charge is -2.15. The molecule has 0 saturated heterocycles. The van der Waals surface area contributed by atoms with E-state index >= 15 is 0 Å². The molecule has 1 nitrogen and oxygen atoms in total. The predicted octanol–water partition coefficient (Wildman–Crippen LogP) is 3.63. The van der Waals surface area contributed by atoms with Crippen LogP contribution in [-0.4, -0.2) is 11.7 Å². The molecule has 1 N–H and O–H groups in total. The summed E-state index contributed by atoms with van der Waals surface area (Å²) in [6.07, 6.45) is 2.21. The van der Waals surface area contributed by atoms with Gasteiger partial charge in [-0.3, -0.25) is 0 Å². The van der Waals surface area contributed by atoms with Crippen molar-refractivity contribution < 1.29 is 5.11 Å². The zero-order chi connectivity index (χ0) is 11.2. The Bertz CT molecular complexity index is 543. The Labute approximate surface area is 103 Å². The molecule has 1 fully saturated rings. The molecule has 0 bridgehead atoms. The van der Waals surface area contributed by atoms with Crippen LogP contribution < -0.4 is 0 Å². The van der Waals surface area contributed by atoms with Crippen LogP contribution in [0.15, 0.2) is 40.9 Å². The normalized spacial score (nSPS) is 17.6. The Hall–Kier alpha value is -0.860. The van der Waals surface area contributed by atoms with E-state index in [-0.39, 0.29) is 12.0 Å². The van der Waals surface area contributed by atoms with Crippen molar-refractivity contribution in [3.63, 3.8) is 0 Å². The Kier molecular flexibility index (Phi) is 2.30. The van der Waals surface area contributed by atoms with Gasteiger partial charge in [-0.2, -0.15) is 0 Å². The minimum atomic E-state index is 0.0420. The van der Waals surface area contributed by atoms with E-state index in [4.69, 9.17) is 0 Å². The summed E-state index contributed by atoms with van der Waals surface area (Å²) in [5.74, 6) is 0. The summed E-state index contributed by atoms with van der Waals surface area (Å²) in [5.41, 5.74) is 1.34. The first-order valence-electron chi connectivity index (χ1n) is 5.55. The second kappa shape index (κ2) is 3.57. The fourth-order valence-corrected chi connectivity index (χ4v) is 2.73. The molecule has 1 saturated carbocycles. The number of hydrogen-bond donors (Lipinski definition) is 1. The van der Waals surface area contributed by atoms with Gasteiger partial charge in [0.25, 0.3) is 0 Å². The van der Waals surface area contributed by atoms with E-state index < -0.39 is 0 Å². The average Bonchev–Trinajstić information content (AvgIpc) is 3.09. The summed E-state index contributed by atoms with van der Waals surface area (Å²) >= 11 is 3.51. The second-order valence-corrected chi connectivity index (χ2v) is 5.53. The molecule has 1 aliphatic carbocycles. The van der Waals surface area contributed by atoms with Gasteiger partial charge in [0.1, 0.15) is 0 Å². The predicted molar refractivity (Wildman–Crippen MR) is 69.6 cm³/mol. The molecular formula is C14H13BrO. The number of hydrogen-bond acceptors (Lipinski definition) is 1. The van der Waals surface area contributed by atoms with Gasteiger partial charge in [-0.25, -0.2) is 0 Å². The molecule has 0 amide bonds. The van der Waals surface area contributed by atoms with Gasteiger partial charge in [0, 0.05) is 9.89 Å². The van der Waals surface area contributed by atoms with E-state index in [0.29, 0.717) is 0 Å². The fraction of sp³-hybridized carbons (Fsp3) is 0.286. The van der Waals surface area contributed by atoms with E-state index in [1.807, 2.05) is 0 Å². The maximum atomic E-state index is 9.53. The van der Waals surface area contributed by atoms with E-state index in [1.54, 1.807) is 0 Å². The molecule has 0 radical (unpaired) electrons. The van der Waals surface area contributed by atoms with Crippen LogP contribution in [-0.2, 0) is 5.41 Å². The largest absolute Gasteiger partial charge is 0.395 e. The fourth-order valence-electron chi connectivity index (χ4n) is 2.37. The smallest absolute Gasteiger partial charge is 0.0528 e. The molecule has 0 aliphatic heterocycles. The van der Waals surface area contributed by atoms with Crippen molar-refractivity contribution in [1.82, 2.24) is 0 Å². The van der Waals surface area contributed by atoms with Gasteiger partial charge in [-0.1, -0.05) is 40.2 Å². The van der Waals surface area contributed by atoms with Crippen molar-refractivity contribution in [3.05, 3.63) is 46.4 Å². The molecule has 2 aromatic carbocycles. The minimum absolute atomic E-state index is 0.0420. The van der Waals surface area contributed by atoms with Crippen LogP contribution in [0.1, 0.15) is 18.4 Å². The van der Waals surface area contributed by atoms with Gasteiger partial charge in [0.05, 0.1) is 6.61 Å². The van der Waals surface area contributed by atoms with Crippen LogP contribution in [0.4, 0.5) is 0 Å². The van der Waals surface area contributed by atoms with E-state index in [0.717, 1.165) is 17.3 Å². The molecule has 0 spiro atoms. The van der Waals surface area contributed by atoms with Gasteiger partial charge < -0.3 is 5.11 Å². The van der Waals surface area contributed by atoms with Crippen molar-refractivity contribution >= 4 is 26.7 Å². The average molecular weight is 277 g/mol. The minimum Gasteiger partial charge on any atom is -0.395 e. The maximum Gasteiger partial charge on any atom is 0.0528 e. The summed E-state index contributed by atoms with van der Waals surface area (Å²) < 4.78 is 1.10. The first kappa shape index (κ1) is 10.3. The highest BCUT2D eigenvalue weighted by Gasteiger charge is 2.44. The summed E-state index contributed by atoms with van der Waals surface area (Å²) in [4.78, 5) is 0. The molecule has 0 atom stereocenters. The van der Waals surface area contributed by atoms with Gasteiger partial charge >= 0.3 is 0 Å². The van der Waals surface area contributed by atoms with Crippen molar-refractivity contribution in [2.75, 3.05) is 6.61 Å². The third-order valence-corrected chi connectivity index (χ3v) is 4.07. The van der Waals surface area contributed by atoms with Crippen molar-refractivity contribution in [3.8, 4) is 0 Å². The van der Waals surface area contributed by atoms with E-state index in [2.05, 4.69) is 52.3 Å². The molecule has 2 heteroatoms. The molecule has 3 rings (SSSR count). The summed E-state index contributed by atoms with van der Waals surface area (Å²) in [5, 5.41) is 12.0. The molecule has 1 aliphatic rings. The number of fused-ring (bicyclic) bond motifs is 1. The zero-order valence-electron chi connectivity index (χ0n) is 8.91. The molecule has 0 unspecified atom stereocenters. The number of halogens is 1. The Morgan fingerprint density at radius 2 is 2.00 bits per heavy atom. The van der Waals surface area contributed by atoms with Crippen LogP contribution in [0.3, 0.4) is 0 Å². The Morgan fingerprint density at radius 1 is 1.19 bits per heavy atom. The van der Waals surface area contributed by atoms with E-state index in [9.17, 15) is 5.11 Å². The highest BCUT2D eigenvalue weighted by Crippen LogP contribution is 2.49. The van der Waals surface area contributed by atoms with E-state index in [1.165, 1.54) is 16.3 Å². The van der Waals surface area contributed by atoms with Crippen LogP contribution in [0.5, 0.6) is 0 Å². The molecule has 0 aromatic heterocycles. The number of aliphatic hydroxyl groups is 1. The quantitative estimate of drug-likeness (QED) is 0.888. The monoisotopic (exact) mass is 276 g/mol. The number of benzene rings is 2. The van der Waals surface area contributed by atoms with Crippen molar-refractivity contribution in [1.29, 1.82) is 0 Å². The summed E-state index contributed by atoms with van der Waals surface area (Å²) in [7, 11) is 0. The lowest BCUT2D eigenvalue weighted by atomic mass is 9.91. The lowest BCUT2D eigenvalue weighted by Crippen LogP contribution is -2.12. The Morgan fingerprint density at radius 3 is 2.69 bits per heavy atom. The zero-order valence-corrected chi connectivity index (χ0v) is 10.5. The molecule has 0 heterocycles. The van der Waals surface area contributed by atoms with Crippen molar-refractivity contribution in [2.24, 2.45) is 0 Å².